The van der Waals surface area contributed by atoms with Crippen LogP contribution in [0.5, 0.6) is 11.5 Å². The Hall–Kier alpha value is -3.12. The summed E-state index contributed by atoms with van der Waals surface area (Å²) in [5.74, 6) is 1.24. The van der Waals surface area contributed by atoms with Gasteiger partial charge in [-0.1, -0.05) is 42.5 Å². The number of carboxylic acids is 1. The van der Waals surface area contributed by atoms with E-state index in [0.717, 1.165) is 42.1 Å². The fourth-order valence-corrected chi connectivity index (χ4v) is 4.88. The van der Waals surface area contributed by atoms with Gasteiger partial charge in [-0.25, -0.2) is 4.79 Å². The molecule has 0 aliphatic carbocycles. The monoisotopic (exact) mass is 479 g/mol. The van der Waals surface area contributed by atoms with Gasteiger partial charge in [0.2, 0.25) is 0 Å². The number of methoxy groups -OCH3 is 1. The smallest absolute Gasteiger partial charge is 0.341 e. The zero-order valence-electron chi connectivity index (χ0n) is 20.1. The lowest BCUT2D eigenvalue weighted by molar-refractivity contribution is -0.139. The molecule has 0 heterocycles. The van der Waals surface area contributed by atoms with Crippen molar-refractivity contribution < 1.29 is 19.4 Å². The Morgan fingerprint density at radius 2 is 1.68 bits per heavy atom. The first-order valence-electron chi connectivity index (χ1n) is 11.6. The highest BCUT2D eigenvalue weighted by Crippen LogP contribution is 2.36. The third kappa shape index (κ3) is 7.19. The van der Waals surface area contributed by atoms with Crippen LogP contribution in [0.25, 0.3) is 11.1 Å². The van der Waals surface area contributed by atoms with Crippen LogP contribution in [-0.2, 0) is 4.79 Å². The van der Waals surface area contributed by atoms with E-state index < -0.39 is 5.97 Å². The summed E-state index contributed by atoms with van der Waals surface area (Å²) < 4.78 is 10.9. The summed E-state index contributed by atoms with van der Waals surface area (Å²) in [5, 5.41) is 8.84. The van der Waals surface area contributed by atoms with Crippen LogP contribution in [0.15, 0.2) is 71.6 Å². The maximum absolute atomic E-state index is 10.8. The van der Waals surface area contributed by atoms with E-state index in [1.54, 1.807) is 24.9 Å². The molecule has 0 fully saturated rings. The minimum Gasteiger partial charge on any atom is -0.495 e. The number of unbranched alkanes of at least 4 members (excludes halogenated alkanes) is 1. The third-order valence-electron chi connectivity index (χ3n) is 5.61. The van der Waals surface area contributed by atoms with Crippen LogP contribution < -0.4 is 14.4 Å². The van der Waals surface area contributed by atoms with Gasteiger partial charge in [0, 0.05) is 29.7 Å². The molecule has 3 rings (SSSR count). The molecule has 0 spiro atoms. The van der Waals surface area contributed by atoms with Crippen molar-refractivity contribution in [3.8, 4) is 22.6 Å². The predicted octanol–water partition coefficient (Wildman–Crippen LogP) is 6.53. The first-order chi connectivity index (χ1) is 16.5. The van der Waals surface area contributed by atoms with E-state index in [1.807, 2.05) is 19.1 Å². The second kappa shape index (κ2) is 12.9. The molecule has 6 heteroatoms. The van der Waals surface area contributed by atoms with Crippen molar-refractivity contribution in [3.63, 3.8) is 0 Å². The van der Waals surface area contributed by atoms with Crippen LogP contribution in [0.4, 0.5) is 5.69 Å². The van der Waals surface area contributed by atoms with Crippen LogP contribution in [-0.4, -0.2) is 43.6 Å². The number of thioether (sulfide) groups is 1. The SMILES string of the molecule is CCN(CCCCSc1cc(C)c(OCC(=O)O)cc1OC)c1ccc(-c2ccccc2)cc1. The molecular weight excluding hydrogens is 446 g/mol. The highest BCUT2D eigenvalue weighted by Gasteiger charge is 2.11. The number of benzene rings is 3. The van der Waals surface area contributed by atoms with Crippen LogP contribution >= 0.6 is 11.8 Å². The van der Waals surface area contributed by atoms with Crippen LogP contribution in [0.3, 0.4) is 0 Å². The molecule has 0 amide bonds. The molecule has 3 aromatic rings. The van der Waals surface area contributed by atoms with Crippen molar-refractivity contribution in [2.75, 3.05) is 37.5 Å². The Balaban J connectivity index is 1.49. The summed E-state index contributed by atoms with van der Waals surface area (Å²) in [5.41, 5.74) is 4.63. The summed E-state index contributed by atoms with van der Waals surface area (Å²) in [6.07, 6.45) is 2.19. The predicted molar refractivity (Wildman–Crippen MR) is 141 cm³/mol. The van der Waals surface area contributed by atoms with Crippen LogP contribution in [0.2, 0.25) is 0 Å². The molecule has 3 aromatic carbocycles. The fourth-order valence-electron chi connectivity index (χ4n) is 3.76. The number of hydrogen-bond acceptors (Lipinski definition) is 5. The first-order valence-corrected chi connectivity index (χ1v) is 12.6. The molecular formula is C28H33NO4S. The topological polar surface area (TPSA) is 59.0 Å². The van der Waals surface area contributed by atoms with Gasteiger partial charge in [0.25, 0.3) is 0 Å². The molecule has 0 aliphatic rings. The summed E-state index contributed by atoms with van der Waals surface area (Å²) in [4.78, 5) is 14.2. The Labute approximate surface area is 206 Å². The van der Waals surface area contributed by atoms with E-state index in [0.29, 0.717) is 11.5 Å². The standard InChI is InChI=1S/C28H33NO4S/c1-4-29(24-14-12-23(13-15-24)22-10-6-5-7-11-22)16-8-9-17-34-27-18-21(2)25(19-26(27)32-3)33-20-28(30)31/h5-7,10-15,18-19H,4,8-9,16-17,20H2,1-3H3,(H,30,31). The summed E-state index contributed by atoms with van der Waals surface area (Å²) in [7, 11) is 1.62. The number of carbonyl (C=O) groups is 1. The molecule has 1 N–H and O–H groups in total. The number of anilines is 1. The summed E-state index contributed by atoms with van der Waals surface area (Å²) in [6.45, 7) is 5.74. The summed E-state index contributed by atoms with van der Waals surface area (Å²) >= 11 is 1.76. The second-order valence-corrected chi connectivity index (χ2v) is 9.14. The van der Waals surface area contributed by atoms with Gasteiger partial charge in [0.1, 0.15) is 11.5 Å². The average molecular weight is 480 g/mol. The van der Waals surface area contributed by atoms with Gasteiger partial charge >= 0.3 is 5.97 Å². The number of hydrogen-bond donors (Lipinski definition) is 1. The quantitative estimate of drug-likeness (QED) is 0.222. The molecule has 0 atom stereocenters. The van der Waals surface area contributed by atoms with Crippen LogP contribution in [0.1, 0.15) is 25.3 Å². The van der Waals surface area contributed by atoms with Gasteiger partial charge in [-0.05, 0) is 67.3 Å². The molecule has 0 saturated heterocycles. The zero-order chi connectivity index (χ0) is 24.3. The number of rotatable bonds is 13. The van der Waals surface area contributed by atoms with E-state index in [1.165, 1.54) is 16.8 Å². The first kappa shape index (κ1) is 25.5. The molecule has 0 radical (unpaired) electrons. The van der Waals surface area contributed by atoms with Crippen LogP contribution in [0, 0.1) is 6.92 Å². The minimum atomic E-state index is -0.995. The number of aliphatic carboxylic acids is 1. The molecule has 0 unspecified atom stereocenters. The molecule has 180 valence electrons. The number of carboxylic acid groups (broad SMARTS) is 1. The largest absolute Gasteiger partial charge is 0.495 e. The van der Waals surface area contributed by atoms with E-state index >= 15 is 0 Å². The Morgan fingerprint density at radius 1 is 0.971 bits per heavy atom. The molecule has 5 nitrogen and oxygen atoms in total. The third-order valence-corrected chi connectivity index (χ3v) is 6.74. The second-order valence-electron chi connectivity index (χ2n) is 8.00. The van der Waals surface area contributed by atoms with E-state index in [4.69, 9.17) is 14.6 Å². The van der Waals surface area contributed by atoms with Gasteiger partial charge in [0.05, 0.1) is 7.11 Å². The lowest BCUT2D eigenvalue weighted by Crippen LogP contribution is -2.23. The van der Waals surface area contributed by atoms with Gasteiger partial charge in [0.15, 0.2) is 6.61 Å². The number of nitrogens with zero attached hydrogens (tertiary/aromatic N) is 1. The lowest BCUT2D eigenvalue weighted by atomic mass is 10.1. The normalized spacial score (nSPS) is 10.7. The molecule has 0 bridgehead atoms. The molecule has 0 aliphatic heterocycles. The van der Waals surface area contributed by atoms with Gasteiger partial charge in [-0.3, -0.25) is 0 Å². The Kier molecular flexibility index (Phi) is 9.71. The highest BCUT2D eigenvalue weighted by molar-refractivity contribution is 7.99. The Morgan fingerprint density at radius 3 is 2.32 bits per heavy atom. The zero-order valence-corrected chi connectivity index (χ0v) is 20.9. The van der Waals surface area contributed by atoms with Crippen molar-refractivity contribution in [3.05, 3.63) is 72.3 Å². The van der Waals surface area contributed by atoms with Crippen molar-refractivity contribution in [1.82, 2.24) is 0 Å². The maximum atomic E-state index is 10.8. The van der Waals surface area contributed by atoms with E-state index in [9.17, 15) is 4.79 Å². The fraction of sp³-hybridized carbons (Fsp3) is 0.321. The molecule has 0 aromatic heterocycles. The van der Waals surface area contributed by atoms with Crippen molar-refractivity contribution in [2.45, 2.75) is 31.6 Å². The number of aryl methyl sites for hydroxylation is 1. The van der Waals surface area contributed by atoms with Crippen molar-refractivity contribution in [1.29, 1.82) is 0 Å². The van der Waals surface area contributed by atoms with Crippen molar-refractivity contribution >= 4 is 23.4 Å². The maximum Gasteiger partial charge on any atom is 0.341 e. The van der Waals surface area contributed by atoms with Gasteiger partial charge in [-0.2, -0.15) is 0 Å². The van der Waals surface area contributed by atoms with Gasteiger partial charge < -0.3 is 19.5 Å². The number of ether oxygens (including phenoxy) is 2. The highest BCUT2D eigenvalue weighted by atomic mass is 32.2. The molecule has 34 heavy (non-hydrogen) atoms. The minimum absolute atomic E-state index is 0.362. The molecule has 0 saturated carbocycles. The lowest BCUT2D eigenvalue weighted by Gasteiger charge is -2.23. The van der Waals surface area contributed by atoms with E-state index in [2.05, 4.69) is 60.4 Å². The Bertz CT molecular complexity index is 1050. The summed E-state index contributed by atoms with van der Waals surface area (Å²) in [6, 6.07) is 23.0. The van der Waals surface area contributed by atoms with Crippen molar-refractivity contribution in [2.24, 2.45) is 0 Å². The van der Waals surface area contributed by atoms with Gasteiger partial charge in [-0.15, -0.1) is 11.8 Å². The average Bonchev–Trinajstić information content (AvgIpc) is 2.86. The van der Waals surface area contributed by atoms with E-state index in [-0.39, 0.29) is 6.61 Å².